The number of nitrogens with two attached hydrogens (primary N) is 1. The Morgan fingerprint density at radius 1 is 1.21 bits per heavy atom. The molecule has 0 saturated heterocycles. The van der Waals surface area contributed by atoms with E-state index < -0.39 is 0 Å². The number of dihydropyridines is 1. The summed E-state index contributed by atoms with van der Waals surface area (Å²) in [6.45, 7) is 6.10. The number of hydrogen-bond donors (Lipinski definition) is 1. The van der Waals surface area contributed by atoms with Crippen LogP contribution in [0.2, 0.25) is 0 Å². The van der Waals surface area contributed by atoms with Crippen molar-refractivity contribution in [3.8, 4) is 11.5 Å². The summed E-state index contributed by atoms with van der Waals surface area (Å²) in [6.07, 6.45) is 16.7. The maximum absolute atomic E-state index is 5.77. The smallest absolute Gasteiger partial charge is 0.124 e. The summed E-state index contributed by atoms with van der Waals surface area (Å²) in [5.41, 5.74) is 11.2. The minimum absolute atomic E-state index is 0.658. The number of unbranched alkanes of at least 4 members (excludes halogenated alkanes) is 1. The van der Waals surface area contributed by atoms with Crippen LogP contribution in [0.3, 0.4) is 0 Å². The Morgan fingerprint density at radius 3 is 2.59 bits per heavy atom. The number of nitrogens with zero attached hydrogens (tertiary/aromatic N) is 4. The van der Waals surface area contributed by atoms with Gasteiger partial charge in [0.2, 0.25) is 0 Å². The van der Waals surface area contributed by atoms with Gasteiger partial charge in [-0.15, -0.1) is 0 Å². The predicted molar refractivity (Wildman–Crippen MR) is 141 cm³/mol. The Bertz CT molecular complexity index is 1070. The second-order valence-electron chi connectivity index (χ2n) is 8.07. The number of anilines is 1. The van der Waals surface area contributed by atoms with Crippen molar-refractivity contribution in [1.29, 1.82) is 0 Å². The molecule has 180 valence electrons. The van der Waals surface area contributed by atoms with Gasteiger partial charge in [0.05, 0.1) is 27.0 Å². The average molecular weight is 462 g/mol. The molecular formula is C27H35N5O2. The number of methoxy groups -OCH3 is 2. The van der Waals surface area contributed by atoms with Crippen LogP contribution < -0.4 is 20.1 Å². The zero-order chi connectivity index (χ0) is 24.3. The monoisotopic (exact) mass is 461 g/mol. The molecule has 1 aliphatic rings. The zero-order valence-corrected chi connectivity index (χ0v) is 20.4. The number of aryl methyl sites for hydroxylation is 1. The summed E-state index contributed by atoms with van der Waals surface area (Å²) in [6, 6.07) is 5.94. The first kappa shape index (κ1) is 25.1. The van der Waals surface area contributed by atoms with E-state index in [0.29, 0.717) is 13.1 Å². The minimum Gasteiger partial charge on any atom is -0.497 e. The lowest BCUT2D eigenvalue weighted by Crippen LogP contribution is -2.24. The second-order valence-corrected chi connectivity index (χ2v) is 8.07. The molecule has 0 amide bonds. The highest BCUT2D eigenvalue weighted by molar-refractivity contribution is 6.11. The fraction of sp³-hybridized carbons (Fsp3) is 0.333. The quantitative estimate of drug-likeness (QED) is 0.371. The predicted octanol–water partition coefficient (Wildman–Crippen LogP) is 4.54. The molecule has 0 fully saturated rings. The van der Waals surface area contributed by atoms with Crippen molar-refractivity contribution >= 4 is 17.5 Å². The zero-order valence-electron chi connectivity index (χ0n) is 20.4. The van der Waals surface area contributed by atoms with Crippen LogP contribution in [0.25, 0.3) is 5.57 Å². The van der Waals surface area contributed by atoms with Crippen LogP contribution in [0.5, 0.6) is 11.5 Å². The van der Waals surface area contributed by atoms with Crippen LogP contribution in [0, 0.1) is 0 Å². The lowest BCUT2D eigenvalue weighted by atomic mass is 10.0. The first-order valence-corrected chi connectivity index (χ1v) is 11.5. The van der Waals surface area contributed by atoms with E-state index in [0.717, 1.165) is 59.8 Å². The van der Waals surface area contributed by atoms with Crippen LogP contribution in [-0.4, -0.2) is 49.8 Å². The standard InChI is InChI=1S/C27H35N5O2/c1-5-8-24(10-9-21-13-22(18-29-17-21)23-19-30-31(2)20-23)32(12-7-6-11-28)25-14-26(33-3)16-27(15-25)34-4/h5,8-9,13-16,18-20H,1,6-7,10-12,17,28H2,2-4H3/b21-9-,24-8+. The molecule has 0 spiro atoms. The maximum Gasteiger partial charge on any atom is 0.124 e. The topological polar surface area (TPSA) is 77.9 Å². The van der Waals surface area contributed by atoms with Crippen LogP contribution in [-0.2, 0) is 7.05 Å². The summed E-state index contributed by atoms with van der Waals surface area (Å²) in [7, 11) is 5.25. The third-order valence-electron chi connectivity index (χ3n) is 5.60. The van der Waals surface area contributed by atoms with Gasteiger partial charge in [0.25, 0.3) is 0 Å². The van der Waals surface area contributed by atoms with Gasteiger partial charge in [0.1, 0.15) is 11.5 Å². The van der Waals surface area contributed by atoms with Gasteiger partial charge in [-0.3, -0.25) is 9.67 Å². The van der Waals surface area contributed by atoms with Crippen LogP contribution in [0.1, 0.15) is 24.8 Å². The molecule has 2 aromatic rings. The number of hydrogen-bond acceptors (Lipinski definition) is 6. The largest absolute Gasteiger partial charge is 0.497 e. The van der Waals surface area contributed by atoms with Crippen molar-refractivity contribution in [2.24, 2.45) is 17.8 Å². The normalized spacial score (nSPS) is 14.8. The molecule has 1 aromatic heterocycles. The first-order valence-electron chi connectivity index (χ1n) is 11.5. The molecule has 1 aliphatic heterocycles. The molecule has 0 saturated carbocycles. The van der Waals surface area contributed by atoms with E-state index >= 15 is 0 Å². The van der Waals surface area contributed by atoms with Crippen LogP contribution in [0.4, 0.5) is 5.69 Å². The highest BCUT2D eigenvalue weighted by atomic mass is 16.5. The van der Waals surface area contributed by atoms with Crippen LogP contribution >= 0.6 is 0 Å². The lowest BCUT2D eigenvalue weighted by Gasteiger charge is -2.28. The molecule has 7 heteroatoms. The minimum atomic E-state index is 0.658. The Kier molecular flexibility index (Phi) is 9.29. The van der Waals surface area contributed by atoms with Crippen molar-refractivity contribution in [2.45, 2.75) is 19.3 Å². The van der Waals surface area contributed by atoms with Crippen LogP contribution in [0.15, 0.2) is 77.7 Å². The molecule has 0 unspecified atom stereocenters. The molecule has 34 heavy (non-hydrogen) atoms. The SMILES string of the molecule is C=C/C=C(\C/C=C1/C=C(c2cnn(C)c2)C=NC1)N(CCCCN)c1cc(OC)cc(OC)c1. The van der Waals surface area contributed by atoms with Gasteiger partial charge < -0.3 is 20.1 Å². The molecule has 3 rings (SSSR count). The van der Waals surface area contributed by atoms with Crippen molar-refractivity contribution in [3.05, 3.63) is 78.3 Å². The van der Waals surface area contributed by atoms with Crippen molar-refractivity contribution < 1.29 is 9.47 Å². The maximum atomic E-state index is 5.77. The summed E-state index contributed by atoms with van der Waals surface area (Å²) < 4.78 is 12.8. The average Bonchev–Trinajstić information content (AvgIpc) is 3.31. The lowest BCUT2D eigenvalue weighted by molar-refractivity contribution is 0.394. The number of ether oxygens (including phenoxy) is 2. The van der Waals surface area contributed by atoms with E-state index in [9.17, 15) is 0 Å². The number of benzene rings is 1. The summed E-state index contributed by atoms with van der Waals surface area (Å²) in [5, 5.41) is 4.27. The van der Waals surface area contributed by atoms with Gasteiger partial charge in [0.15, 0.2) is 0 Å². The summed E-state index contributed by atoms with van der Waals surface area (Å²) in [5.74, 6) is 1.50. The fourth-order valence-corrected chi connectivity index (χ4v) is 3.82. The second kappa shape index (κ2) is 12.6. The third kappa shape index (κ3) is 6.71. The van der Waals surface area contributed by atoms with Crippen molar-refractivity contribution in [3.63, 3.8) is 0 Å². The Morgan fingerprint density at radius 2 is 1.97 bits per heavy atom. The van der Waals surface area contributed by atoms with E-state index in [2.05, 4.69) is 39.8 Å². The van der Waals surface area contributed by atoms with Gasteiger partial charge in [0, 0.05) is 73.1 Å². The number of allylic oxidation sites excluding steroid dienone is 4. The summed E-state index contributed by atoms with van der Waals surface area (Å²) >= 11 is 0. The molecular weight excluding hydrogens is 426 g/mol. The number of aromatic nitrogens is 2. The van der Waals surface area contributed by atoms with Crippen molar-refractivity contribution in [2.75, 3.05) is 38.8 Å². The Labute approximate surface area is 202 Å². The van der Waals surface area contributed by atoms with E-state index in [-0.39, 0.29) is 0 Å². The van der Waals surface area contributed by atoms with Gasteiger partial charge in [-0.2, -0.15) is 5.10 Å². The fourth-order valence-electron chi connectivity index (χ4n) is 3.82. The summed E-state index contributed by atoms with van der Waals surface area (Å²) in [4.78, 5) is 6.85. The Balaban J connectivity index is 1.90. The molecule has 0 atom stereocenters. The Hall–Kier alpha value is -3.58. The third-order valence-corrected chi connectivity index (χ3v) is 5.60. The number of rotatable bonds is 12. The van der Waals surface area contributed by atoms with E-state index in [1.54, 1.807) is 18.9 Å². The van der Waals surface area contributed by atoms with Gasteiger partial charge in [-0.05, 0) is 37.1 Å². The highest BCUT2D eigenvalue weighted by Gasteiger charge is 2.15. The highest BCUT2D eigenvalue weighted by Crippen LogP contribution is 2.32. The van der Waals surface area contributed by atoms with Gasteiger partial charge in [-0.1, -0.05) is 18.7 Å². The van der Waals surface area contributed by atoms with E-state index in [1.807, 2.05) is 49.9 Å². The molecule has 0 radical (unpaired) electrons. The number of aliphatic imine (C=N–C) groups is 1. The van der Waals surface area contributed by atoms with Gasteiger partial charge in [-0.25, -0.2) is 0 Å². The van der Waals surface area contributed by atoms with E-state index in [1.165, 1.54) is 5.57 Å². The molecule has 1 aromatic carbocycles. The molecule has 2 heterocycles. The van der Waals surface area contributed by atoms with Crippen molar-refractivity contribution in [1.82, 2.24) is 9.78 Å². The van der Waals surface area contributed by atoms with Gasteiger partial charge >= 0.3 is 0 Å². The molecule has 7 nitrogen and oxygen atoms in total. The first-order chi connectivity index (χ1) is 16.6. The molecule has 0 aliphatic carbocycles. The molecule has 2 N–H and O–H groups in total. The van der Waals surface area contributed by atoms with E-state index in [4.69, 9.17) is 15.2 Å². The molecule has 0 bridgehead atoms.